The van der Waals surface area contributed by atoms with Crippen LogP contribution >= 0.6 is 15.9 Å². The predicted molar refractivity (Wildman–Crippen MR) is 75.4 cm³/mol. The number of hydrogen-bond acceptors (Lipinski definition) is 3. The Balaban J connectivity index is 3.02. The van der Waals surface area contributed by atoms with Crippen LogP contribution in [0.3, 0.4) is 0 Å². The predicted octanol–water partition coefficient (Wildman–Crippen LogP) is 2.18. The fourth-order valence-electron chi connectivity index (χ4n) is 1.54. The number of aliphatic carboxylic acids is 1. The number of carbonyl (C=O) groups is 1. The normalized spacial score (nSPS) is 13.5. The molecule has 106 valence electrons. The molecule has 1 N–H and O–H groups in total. The summed E-state index contributed by atoms with van der Waals surface area (Å²) in [6.45, 7) is 3.37. The molecule has 0 fully saturated rings. The first-order valence-corrected chi connectivity index (χ1v) is 8.01. The second kappa shape index (κ2) is 6.49. The number of benzene rings is 1. The number of carboxylic acids is 1. The van der Waals surface area contributed by atoms with Crippen LogP contribution in [0.25, 0.3) is 0 Å². The lowest BCUT2D eigenvalue weighted by Gasteiger charge is -2.22. The van der Waals surface area contributed by atoms with Crippen LogP contribution in [0.5, 0.6) is 0 Å². The van der Waals surface area contributed by atoms with E-state index >= 15 is 0 Å². The van der Waals surface area contributed by atoms with Crippen molar-refractivity contribution in [1.29, 1.82) is 0 Å². The van der Waals surface area contributed by atoms with Gasteiger partial charge in [0, 0.05) is 17.6 Å². The van der Waals surface area contributed by atoms with Crippen LogP contribution in [0.1, 0.15) is 13.8 Å². The monoisotopic (exact) mass is 349 g/mol. The van der Waals surface area contributed by atoms with Gasteiger partial charge >= 0.3 is 5.97 Å². The van der Waals surface area contributed by atoms with E-state index in [1.54, 1.807) is 19.1 Å². The quantitative estimate of drug-likeness (QED) is 0.853. The van der Waals surface area contributed by atoms with E-state index in [1.165, 1.54) is 23.4 Å². The zero-order valence-corrected chi connectivity index (χ0v) is 13.1. The van der Waals surface area contributed by atoms with Gasteiger partial charge in [0.05, 0.1) is 10.8 Å². The molecule has 0 amide bonds. The van der Waals surface area contributed by atoms with E-state index in [9.17, 15) is 13.2 Å². The van der Waals surface area contributed by atoms with Crippen molar-refractivity contribution in [3.8, 4) is 0 Å². The Morgan fingerprint density at radius 3 is 2.32 bits per heavy atom. The second-order valence-electron chi connectivity index (χ2n) is 4.15. The van der Waals surface area contributed by atoms with Gasteiger partial charge in [-0.1, -0.05) is 29.8 Å². The molecule has 5 nitrogen and oxygen atoms in total. The molecule has 0 saturated heterocycles. The third kappa shape index (κ3) is 4.02. The minimum atomic E-state index is -3.65. The maximum atomic E-state index is 12.4. The van der Waals surface area contributed by atoms with Crippen molar-refractivity contribution in [2.75, 3.05) is 13.1 Å². The molecule has 1 aromatic carbocycles. The average Bonchev–Trinajstić information content (AvgIpc) is 2.35. The highest BCUT2D eigenvalue weighted by Gasteiger charge is 2.26. The van der Waals surface area contributed by atoms with Gasteiger partial charge in [-0.3, -0.25) is 4.79 Å². The van der Waals surface area contributed by atoms with Crippen LogP contribution in [0.15, 0.2) is 33.6 Å². The van der Waals surface area contributed by atoms with E-state index < -0.39 is 21.9 Å². The van der Waals surface area contributed by atoms with Crippen molar-refractivity contribution in [3.63, 3.8) is 0 Å². The number of hydrogen-bond donors (Lipinski definition) is 1. The minimum Gasteiger partial charge on any atom is -0.481 e. The average molecular weight is 350 g/mol. The van der Waals surface area contributed by atoms with E-state index in [2.05, 4.69) is 15.9 Å². The van der Waals surface area contributed by atoms with Crippen LogP contribution in [0.4, 0.5) is 0 Å². The smallest absolute Gasteiger partial charge is 0.307 e. The molecule has 1 unspecified atom stereocenters. The highest BCUT2D eigenvalue weighted by Crippen LogP contribution is 2.19. The van der Waals surface area contributed by atoms with Crippen LogP contribution in [0, 0.1) is 5.92 Å². The van der Waals surface area contributed by atoms with Crippen molar-refractivity contribution in [3.05, 3.63) is 28.7 Å². The van der Waals surface area contributed by atoms with E-state index in [1.807, 2.05) is 0 Å². The third-order valence-electron chi connectivity index (χ3n) is 2.70. The number of sulfonamides is 1. The minimum absolute atomic E-state index is 0.0375. The van der Waals surface area contributed by atoms with E-state index in [0.717, 1.165) is 4.47 Å². The number of halogens is 1. The molecule has 0 aliphatic carbocycles. The Morgan fingerprint density at radius 2 is 1.89 bits per heavy atom. The summed E-state index contributed by atoms with van der Waals surface area (Å²) in [5.74, 6) is -1.75. The maximum absolute atomic E-state index is 12.4. The van der Waals surface area contributed by atoms with Crippen molar-refractivity contribution in [2.45, 2.75) is 18.7 Å². The first-order chi connectivity index (χ1) is 8.78. The Labute approximate surface area is 121 Å². The molecule has 0 aromatic heterocycles. The number of rotatable bonds is 6. The SMILES string of the molecule is CCN(CC(C)C(=O)O)S(=O)(=O)c1ccc(Br)cc1. The molecule has 19 heavy (non-hydrogen) atoms. The topological polar surface area (TPSA) is 74.7 Å². The lowest BCUT2D eigenvalue weighted by Crippen LogP contribution is -2.36. The summed E-state index contributed by atoms with van der Waals surface area (Å²) in [5, 5.41) is 8.87. The zero-order valence-electron chi connectivity index (χ0n) is 10.7. The van der Waals surface area contributed by atoms with Crippen LogP contribution in [0.2, 0.25) is 0 Å². The third-order valence-corrected chi connectivity index (χ3v) is 5.19. The van der Waals surface area contributed by atoms with Crippen molar-refractivity contribution >= 4 is 31.9 Å². The number of carboxylic acid groups (broad SMARTS) is 1. The molecular weight excluding hydrogens is 334 g/mol. The summed E-state index contributed by atoms with van der Waals surface area (Å²) >= 11 is 3.24. The molecule has 1 rings (SSSR count). The summed E-state index contributed by atoms with van der Waals surface area (Å²) < 4.78 is 26.7. The first-order valence-electron chi connectivity index (χ1n) is 5.77. The first kappa shape index (κ1) is 16.1. The van der Waals surface area contributed by atoms with Gasteiger partial charge in [0.15, 0.2) is 0 Å². The maximum Gasteiger partial charge on any atom is 0.307 e. The molecule has 1 aromatic rings. The summed E-state index contributed by atoms with van der Waals surface area (Å²) in [6, 6.07) is 6.27. The molecular formula is C12H16BrNO4S. The van der Waals surface area contributed by atoms with Crippen molar-refractivity contribution in [1.82, 2.24) is 4.31 Å². The zero-order chi connectivity index (χ0) is 14.6. The molecule has 0 heterocycles. The molecule has 0 spiro atoms. The molecule has 0 bridgehead atoms. The highest BCUT2D eigenvalue weighted by molar-refractivity contribution is 9.10. The van der Waals surface area contributed by atoms with Crippen LogP contribution in [-0.2, 0) is 14.8 Å². The lowest BCUT2D eigenvalue weighted by molar-refractivity contribution is -0.141. The molecule has 7 heteroatoms. The fraction of sp³-hybridized carbons (Fsp3) is 0.417. The van der Waals surface area contributed by atoms with Gasteiger partial charge in [-0.2, -0.15) is 4.31 Å². The van der Waals surface area contributed by atoms with Crippen molar-refractivity contribution in [2.24, 2.45) is 5.92 Å². The van der Waals surface area contributed by atoms with E-state index in [4.69, 9.17) is 5.11 Å². The summed E-state index contributed by atoms with van der Waals surface area (Å²) in [7, 11) is -3.65. The Kier molecular flexibility index (Phi) is 5.51. The molecule has 0 aliphatic heterocycles. The van der Waals surface area contributed by atoms with Gasteiger partial charge in [-0.05, 0) is 24.3 Å². The lowest BCUT2D eigenvalue weighted by atomic mass is 10.2. The summed E-state index contributed by atoms with van der Waals surface area (Å²) in [6.07, 6.45) is 0. The Bertz CT molecular complexity index is 541. The fourth-order valence-corrected chi connectivity index (χ4v) is 3.34. The molecule has 1 atom stereocenters. The second-order valence-corrected chi connectivity index (χ2v) is 7.00. The summed E-state index contributed by atoms with van der Waals surface area (Å²) in [4.78, 5) is 11.0. The molecule has 0 aliphatic rings. The van der Waals surface area contributed by atoms with E-state index in [-0.39, 0.29) is 18.0 Å². The van der Waals surface area contributed by atoms with Crippen molar-refractivity contribution < 1.29 is 18.3 Å². The van der Waals surface area contributed by atoms with Gasteiger partial charge in [-0.25, -0.2) is 8.42 Å². The Hall–Kier alpha value is -0.920. The van der Waals surface area contributed by atoms with Crippen LogP contribution in [-0.4, -0.2) is 36.9 Å². The number of nitrogens with zero attached hydrogens (tertiary/aromatic N) is 1. The van der Waals surface area contributed by atoms with Crippen LogP contribution < -0.4 is 0 Å². The van der Waals surface area contributed by atoms with E-state index in [0.29, 0.717) is 0 Å². The highest BCUT2D eigenvalue weighted by atomic mass is 79.9. The van der Waals surface area contributed by atoms with Gasteiger partial charge < -0.3 is 5.11 Å². The van der Waals surface area contributed by atoms with Gasteiger partial charge in [0.2, 0.25) is 10.0 Å². The molecule has 0 saturated carbocycles. The summed E-state index contributed by atoms with van der Waals surface area (Å²) in [5.41, 5.74) is 0. The van der Waals surface area contributed by atoms with Gasteiger partial charge in [-0.15, -0.1) is 0 Å². The largest absolute Gasteiger partial charge is 0.481 e. The molecule has 0 radical (unpaired) electrons. The standard InChI is InChI=1S/C12H16BrNO4S/c1-3-14(8-9(2)12(15)16)19(17,18)11-6-4-10(13)5-7-11/h4-7,9H,3,8H2,1-2H3,(H,15,16). The Morgan fingerprint density at radius 1 is 1.37 bits per heavy atom. The van der Waals surface area contributed by atoms with Gasteiger partial charge in [0.1, 0.15) is 0 Å². The van der Waals surface area contributed by atoms with Gasteiger partial charge in [0.25, 0.3) is 0 Å².